The topological polar surface area (TPSA) is 0 Å². The van der Waals surface area contributed by atoms with Crippen LogP contribution < -0.4 is 0 Å². The fourth-order valence-electron chi connectivity index (χ4n) is 3.10. The van der Waals surface area contributed by atoms with Crippen molar-refractivity contribution in [2.24, 2.45) is 0 Å². The van der Waals surface area contributed by atoms with Gasteiger partial charge in [0.15, 0.2) is 5.83 Å². The summed E-state index contributed by atoms with van der Waals surface area (Å²) in [5.41, 5.74) is 0.777. The van der Waals surface area contributed by atoms with Crippen molar-refractivity contribution in [1.29, 1.82) is 0 Å². The first-order chi connectivity index (χ1) is 10.6. The van der Waals surface area contributed by atoms with Crippen LogP contribution in [0.2, 0.25) is 0 Å². The van der Waals surface area contributed by atoms with Crippen LogP contribution in [-0.4, -0.2) is 0 Å². The van der Waals surface area contributed by atoms with Gasteiger partial charge in [-0.25, -0.2) is 4.39 Å². The zero-order valence-corrected chi connectivity index (χ0v) is 11.7. The van der Waals surface area contributed by atoms with Gasteiger partial charge in [0.25, 0.3) is 0 Å². The SMILES string of the molecule is FC(F)=C(F)c1c(C2CC2)ccc2cc3ccccc3cc12. The molecule has 1 fully saturated rings. The van der Waals surface area contributed by atoms with Crippen molar-refractivity contribution in [3.63, 3.8) is 0 Å². The lowest BCUT2D eigenvalue weighted by molar-refractivity contribution is 0.410. The van der Waals surface area contributed by atoms with E-state index < -0.39 is 11.9 Å². The molecule has 0 aliphatic heterocycles. The third-order valence-electron chi connectivity index (χ3n) is 4.32. The van der Waals surface area contributed by atoms with E-state index in [4.69, 9.17) is 0 Å². The first-order valence-electron chi connectivity index (χ1n) is 7.31. The molecule has 3 aromatic rings. The summed E-state index contributed by atoms with van der Waals surface area (Å²) in [5, 5.41) is 3.30. The minimum atomic E-state index is -2.25. The van der Waals surface area contributed by atoms with E-state index in [1.807, 2.05) is 42.5 Å². The fourth-order valence-corrected chi connectivity index (χ4v) is 3.10. The van der Waals surface area contributed by atoms with Gasteiger partial charge in [-0.15, -0.1) is 0 Å². The van der Waals surface area contributed by atoms with E-state index in [2.05, 4.69) is 0 Å². The molecule has 0 N–H and O–H groups in total. The molecule has 0 heterocycles. The predicted molar refractivity (Wildman–Crippen MR) is 83.7 cm³/mol. The number of fused-ring (bicyclic) bond motifs is 2. The van der Waals surface area contributed by atoms with Gasteiger partial charge in [0, 0.05) is 5.56 Å². The first-order valence-corrected chi connectivity index (χ1v) is 7.31. The van der Waals surface area contributed by atoms with Crippen molar-refractivity contribution in [1.82, 2.24) is 0 Å². The first kappa shape index (κ1) is 13.4. The Morgan fingerprint density at radius 2 is 1.50 bits per heavy atom. The van der Waals surface area contributed by atoms with E-state index in [-0.39, 0.29) is 11.5 Å². The van der Waals surface area contributed by atoms with Gasteiger partial charge in [0.1, 0.15) is 0 Å². The highest BCUT2D eigenvalue weighted by Gasteiger charge is 2.29. The highest BCUT2D eigenvalue weighted by atomic mass is 19.3. The van der Waals surface area contributed by atoms with Gasteiger partial charge in [-0.1, -0.05) is 36.4 Å². The summed E-state index contributed by atoms with van der Waals surface area (Å²) in [6, 6.07) is 15.1. The number of halogens is 3. The van der Waals surface area contributed by atoms with Crippen LogP contribution >= 0.6 is 0 Å². The standard InChI is InChI=1S/C19H13F3/c20-18(19(21)22)17-15(11-5-6-11)8-7-14-9-12-3-1-2-4-13(12)10-16(14)17/h1-4,7-11H,5-6H2. The molecule has 0 bridgehead atoms. The van der Waals surface area contributed by atoms with Crippen LogP contribution in [0.4, 0.5) is 13.2 Å². The summed E-state index contributed by atoms with van der Waals surface area (Å²) < 4.78 is 40.0. The van der Waals surface area contributed by atoms with Crippen molar-refractivity contribution in [2.45, 2.75) is 18.8 Å². The van der Waals surface area contributed by atoms with Crippen LogP contribution in [0.25, 0.3) is 27.4 Å². The average molecular weight is 298 g/mol. The minimum absolute atomic E-state index is 0.0748. The van der Waals surface area contributed by atoms with Crippen molar-refractivity contribution >= 4 is 27.4 Å². The Bertz CT molecular complexity index is 917. The summed E-state index contributed by atoms with van der Waals surface area (Å²) in [6.07, 6.45) is -0.372. The molecule has 0 atom stereocenters. The molecule has 0 nitrogen and oxygen atoms in total. The zero-order valence-electron chi connectivity index (χ0n) is 11.7. The molecule has 0 radical (unpaired) electrons. The Morgan fingerprint density at radius 1 is 0.818 bits per heavy atom. The lowest BCUT2D eigenvalue weighted by Gasteiger charge is -2.12. The lowest BCUT2D eigenvalue weighted by atomic mass is 9.93. The highest BCUT2D eigenvalue weighted by molar-refractivity contribution is 6.03. The van der Waals surface area contributed by atoms with E-state index in [0.717, 1.165) is 29.0 Å². The molecule has 0 amide bonds. The minimum Gasteiger partial charge on any atom is -0.200 e. The summed E-state index contributed by atoms with van der Waals surface area (Å²) in [7, 11) is 0. The van der Waals surface area contributed by atoms with Gasteiger partial charge < -0.3 is 0 Å². The van der Waals surface area contributed by atoms with Gasteiger partial charge in [0.2, 0.25) is 0 Å². The maximum atomic E-state index is 14.2. The second kappa shape index (κ2) is 4.87. The summed E-state index contributed by atoms with van der Waals surface area (Å²) in [5.74, 6) is -1.18. The molecular formula is C19H13F3. The molecule has 3 aromatic carbocycles. The van der Waals surface area contributed by atoms with Crippen molar-refractivity contribution in [3.05, 3.63) is 65.7 Å². The van der Waals surface area contributed by atoms with Crippen LogP contribution in [-0.2, 0) is 0 Å². The van der Waals surface area contributed by atoms with Crippen molar-refractivity contribution < 1.29 is 13.2 Å². The summed E-state index contributed by atoms with van der Waals surface area (Å²) in [6.45, 7) is 0. The van der Waals surface area contributed by atoms with E-state index >= 15 is 0 Å². The van der Waals surface area contributed by atoms with Gasteiger partial charge in [-0.05, 0) is 58.0 Å². The molecule has 0 spiro atoms. The van der Waals surface area contributed by atoms with E-state index in [0.29, 0.717) is 10.9 Å². The average Bonchev–Trinajstić information content (AvgIpc) is 3.35. The normalized spacial score (nSPS) is 14.5. The smallest absolute Gasteiger partial charge is 0.200 e. The van der Waals surface area contributed by atoms with Crippen molar-refractivity contribution in [3.8, 4) is 0 Å². The van der Waals surface area contributed by atoms with Crippen LogP contribution in [0.1, 0.15) is 29.9 Å². The molecule has 110 valence electrons. The van der Waals surface area contributed by atoms with Gasteiger partial charge in [0.05, 0.1) is 0 Å². The molecule has 0 unspecified atom stereocenters. The molecule has 0 aromatic heterocycles. The fraction of sp³-hybridized carbons (Fsp3) is 0.158. The molecular weight excluding hydrogens is 285 g/mol. The highest BCUT2D eigenvalue weighted by Crippen LogP contribution is 2.46. The second-order valence-electron chi connectivity index (χ2n) is 5.80. The number of benzene rings is 3. The van der Waals surface area contributed by atoms with Gasteiger partial charge in [-0.3, -0.25) is 0 Å². The maximum Gasteiger partial charge on any atom is 0.306 e. The van der Waals surface area contributed by atoms with E-state index in [9.17, 15) is 13.2 Å². The molecule has 1 aliphatic rings. The third-order valence-corrected chi connectivity index (χ3v) is 4.32. The molecule has 1 aliphatic carbocycles. The molecule has 22 heavy (non-hydrogen) atoms. The van der Waals surface area contributed by atoms with Crippen LogP contribution in [0.3, 0.4) is 0 Å². The van der Waals surface area contributed by atoms with Gasteiger partial charge >= 0.3 is 6.08 Å². The van der Waals surface area contributed by atoms with Crippen LogP contribution in [0.5, 0.6) is 0 Å². The third kappa shape index (κ3) is 2.08. The Labute approximate surface area is 125 Å². The number of hydrogen-bond donors (Lipinski definition) is 0. The molecule has 4 rings (SSSR count). The Hall–Kier alpha value is -2.29. The van der Waals surface area contributed by atoms with E-state index in [1.165, 1.54) is 0 Å². The largest absolute Gasteiger partial charge is 0.306 e. The predicted octanol–water partition coefficient (Wildman–Crippen LogP) is 6.41. The number of rotatable bonds is 2. The van der Waals surface area contributed by atoms with Crippen LogP contribution in [0, 0.1) is 0 Å². The summed E-state index contributed by atoms with van der Waals surface area (Å²) >= 11 is 0. The molecule has 3 heteroatoms. The lowest BCUT2D eigenvalue weighted by Crippen LogP contribution is -1.93. The van der Waals surface area contributed by atoms with Crippen LogP contribution in [0.15, 0.2) is 54.6 Å². The maximum absolute atomic E-state index is 14.2. The second-order valence-corrected chi connectivity index (χ2v) is 5.80. The van der Waals surface area contributed by atoms with E-state index in [1.54, 1.807) is 6.07 Å². The zero-order chi connectivity index (χ0) is 15.3. The molecule has 0 saturated heterocycles. The Balaban J connectivity index is 2.12. The number of hydrogen-bond acceptors (Lipinski definition) is 0. The quantitative estimate of drug-likeness (QED) is 0.480. The van der Waals surface area contributed by atoms with Gasteiger partial charge in [-0.2, -0.15) is 8.78 Å². The van der Waals surface area contributed by atoms with Crippen molar-refractivity contribution in [2.75, 3.05) is 0 Å². The monoisotopic (exact) mass is 298 g/mol. The Kier molecular flexibility index (Phi) is 2.96. The summed E-state index contributed by atoms with van der Waals surface area (Å²) in [4.78, 5) is 0. The molecule has 1 saturated carbocycles. The Morgan fingerprint density at radius 3 is 2.14 bits per heavy atom.